The van der Waals surface area contributed by atoms with Crippen molar-refractivity contribution < 1.29 is 23.9 Å². The van der Waals surface area contributed by atoms with Gasteiger partial charge in [-0.2, -0.15) is 0 Å². The summed E-state index contributed by atoms with van der Waals surface area (Å²) in [6.45, 7) is 12.1. The second kappa shape index (κ2) is 9.82. The Morgan fingerprint density at radius 2 is 1.44 bits per heavy atom. The van der Waals surface area contributed by atoms with E-state index in [0.717, 1.165) is 22.4 Å². The van der Waals surface area contributed by atoms with Crippen LogP contribution in [0, 0.1) is 24.7 Å². The Morgan fingerprint density at radius 1 is 0.872 bits per heavy atom. The van der Waals surface area contributed by atoms with Crippen molar-refractivity contribution >= 4 is 23.2 Å². The van der Waals surface area contributed by atoms with Crippen LogP contribution in [-0.2, 0) is 19.1 Å². The number of amides is 1. The van der Waals surface area contributed by atoms with Crippen LogP contribution in [-0.4, -0.2) is 24.1 Å². The summed E-state index contributed by atoms with van der Waals surface area (Å²) >= 11 is 0. The second-order valence-electron chi connectivity index (χ2n) is 12.8. The van der Waals surface area contributed by atoms with Gasteiger partial charge in [0.2, 0.25) is 0 Å². The molecule has 0 aromatic heterocycles. The van der Waals surface area contributed by atoms with E-state index >= 15 is 0 Å². The van der Waals surface area contributed by atoms with Gasteiger partial charge in [0.05, 0.1) is 0 Å². The van der Waals surface area contributed by atoms with Crippen LogP contribution in [0.25, 0.3) is 0 Å². The first-order valence-corrected chi connectivity index (χ1v) is 13.6. The summed E-state index contributed by atoms with van der Waals surface area (Å²) in [6, 6.07) is 13.3. The van der Waals surface area contributed by atoms with Gasteiger partial charge in [0, 0.05) is 48.4 Å². The minimum absolute atomic E-state index is 0.0406. The zero-order valence-electron chi connectivity index (χ0n) is 23.7. The third-order valence-electron chi connectivity index (χ3n) is 7.83. The molecule has 0 saturated heterocycles. The van der Waals surface area contributed by atoms with Crippen molar-refractivity contribution in [3.8, 4) is 5.75 Å². The second-order valence-corrected chi connectivity index (χ2v) is 12.8. The molecule has 3 aliphatic rings. The molecule has 0 atom stereocenters. The first kappa shape index (κ1) is 26.9. The molecule has 0 unspecified atom stereocenters. The van der Waals surface area contributed by atoms with Crippen LogP contribution in [0.15, 0.2) is 65.1 Å². The molecule has 0 spiro atoms. The maximum Gasteiger partial charge on any atom is 0.262 e. The summed E-state index contributed by atoms with van der Waals surface area (Å²) < 4.78 is 12.1. The van der Waals surface area contributed by atoms with Crippen LogP contribution < -0.4 is 10.1 Å². The minimum Gasteiger partial charge on any atom is -0.484 e. The predicted molar refractivity (Wildman–Crippen MR) is 150 cm³/mol. The molecule has 6 nitrogen and oxygen atoms in total. The molecule has 0 bridgehead atoms. The van der Waals surface area contributed by atoms with Crippen molar-refractivity contribution in [1.82, 2.24) is 0 Å². The highest BCUT2D eigenvalue weighted by Crippen LogP contribution is 2.53. The fourth-order valence-electron chi connectivity index (χ4n) is 5.97. The Bertz CT molecular complexity index is 1370. The van der Waals surface area contributed by atoms with Gasteiger partial charge in [-0.3, -0.25) is 14.4 Å². The van der Waals surface area contributed by atoms with E-state index < -0.39 is 5.92 Å². The van der Waals surface area contributed by atoms with Crippen LogP contribution in [0.3, 0.4) is 0 Å². The van der Waals surface area contributed by atoms with E-state index in [1.54, 1.807) is 12.1 Å². The van der Waals surface area contributed by atoms with Crippen LogP contribution in [0.1, 0.15) is 76.0 Å². The lowest BCUT2D eigenvalue weighted by atomic mass is 9.65. The van der Waals surface area contributed by atoms with E-state index in [-0.39, 0.29) is 34.9 Å². The van der Waals surface area contributed by atoms with Crippen molar-refractivity contribution in [2.24, 2.45) is 10.8 Å². The van der Waals surface area contributed by atoms with Crippen molar-refractivity contribution in [1.29, 1.82) is 0 Å². The largest absolute Gasteiger partial charge is 0.484 e. The number of ether oxygens (including phenoxy) is 2. The lowest BCUT2D eigenvalue weighted by Gasteiger charge is -2.42. The van der Waals surface area contributed by atoms with E-state index in [1.807, 2.05) is 44.2 Å². The number of ketones is 2. The lowest BCUT2D eigenvalue weighted by molar-refractivity contribution is -0.120. The first-order chi connectivity index (χ1) is 18.3. The van der Waals surface area contributed by atoms with Crippen LogP contribution >= 0.6 is 0 Å². The van der Waals surface area contributed by atoms with Crippen molar-refractivity contribution in [3.63, 3.8) is 0 Å². The molecule has 2 aromatic carbocycles. The number of benzene rings is 2. The number of hydrogen-bond donors (Lipinski definition) is 1. The van der Waals surface area contributed by atoms with Crippen LogP contribution in [0.4, 0.5) is 5.69 Å². The molecule has 6 heteroatoms. The highest BCUT2D eigenvalue weighted by atomic mass is 16.5. The van der Waals surface area contributed by atoms with E-state index in [0.29, 0.717) is 54.1 Å². The summed E-state index contributed by atoms with van der Waals surface area (Å²) in [5.74, 6) is 1.34. The van der Waals surface area contributed by atoms with Gasteiger partial charge < -0.3 is 14.8 Å². The molecule has 0 fully saturated rings. The van der Waals surface area contributed by atoms with Gasteiger partial charge in [0.25, 0.3) is 5.91 Å². The predicted octanol–water partition coefficient (Wildman–Crippen LogP) is 6.72. The standard InChI is InChI=1S/C33H37NO5/c1-19-7-8-20(2)23(13-19)34-28(37)18-38-22-11-9-21(10-12-22)29-30-24(35)14-32(3,4)16-26(30)39-27-17-33(5,6)15-25(36)31(27)29/h7-13,29H,14-18H2,1-6H3,(H,34,37). The zero-order chi connectivity index (χ0) is 28.1. The van der Waals surface area contributed by atoms with Gasteiger partial charge in [0.15, 0.2) is 18.2 Å². The van der Waals surface area contributed by atoms with Gasteiger partial charge >= 0.3 is 0 Å². The quantitative estimate of drug-likeness (QED) is 0.467. The van der Waals surface area contributed by atoms with E-state index in [2.05, 4.69) is 33.0 Å². The Balaban J connectivity index is 1.39. The summed E-state index contributed by atoms with van der Waals surface area (Å²) in [7, 11) is 0. The number of anilines is 1. The summed E-state index contributed by atoms with van der Waals surface area (Å²) in [5, 5.41) is 2.90. The van der Waals surface area contributed by atoms with Gasteiger partial charge in [0.1, 0.15) is 17.3 Å². The fraction of sp³-hybridized carbons (Fsp3) is 0.424. The maximum atomic E-state index is 13.4. The normalized spacial score (nSPS) is 20.3. The minimum atomic E-state index is -0.447. The molecule has 1 N–H and O–H groups in total. The third kappa shape index (κ3) is 5.56. The van der Waals surface area contributed by atoms with Crippen LogP contribution in [0.2, 0.25) is 0 Å². The molecule has 1 aliphatic heterocycles. The van der Waals surface area contributed by atoms with E-state index in [9.17, 15) is 14.4 Å². The monoisotopic (exact) mass is 527 g/mol. The van der Waals surface area contributed by atoms with Gasteiger partial charge in [-0.05, 0) is 59.6 Å². The summed E-state index contributed by atoms with van der Waals surface area (Å²) in [6.07, 6.45) is 2.16. The topological polar surface area (TPSA) is 81.7 Å². The summed E-state index contributed by atoms with van der Waals surface area (Å²) in [4.78, 5) is 39.4. The number of Topliss-reactive ketones (excluding diaryl/α,β-unsaturated/α-hetero) is 2. The van der Waals surface area contributed by atoms with Crippen molar-refractivity contribution in [2.45, 2.75) is 73.1 Å². The number of hydrogen-bond acceptors (Lipinski definition) is 5. The van der Waals surface area contributed by atoms with Crippen molar-refractivity contribution in [3.05, 3.63) is 81.8 Å². The van der Waals surface area contributed by atoms with Crippen LogP contribution in [0.5, 0.6) is 5.75 Å². The Morgan fingerprint density at radius 3 is 2.00 bits per heavy atom. The molecule has 2 aromatic rings. The number of nitrogens with one attached hydrogen (secondary N) is 1. The third-order valence-corrected chi connectivity index (χ3v) is 7.83. The molecule has 1 heterocycles. The number of aryl methyl sites for hydroxylation is 2. The zero-order valence-corrected chi connectivity index (χ0v) is 23.7. The van der Waals surface area contributed by atoms with Crippen molar-refractivity contribution in [2.75, 3.05) is 11.9 Å². The Hall–Kier alpha value is -3.67. The van der Waals surface area contributed by atoms with E-state index in [1.165, 1.54) is 0 Å². The average Bonchev–Trinajstić information content (AvgIpc) is 2.82. The average molecular weight is 528 g/mol. The summed E-state index contributed by atoms with van der Waals surface area (Å²) in [5.41, 5.74) is 4.52. The molecule has 0 saturated carbocycles. The highest BCUT2D eigenvalue weighted by molar-refractivity contribution is 6.06. The molecule has 39 heavy (non-hydrogen) atoms. The first-order valence-electron chi connectivity index (χ1n) is 13.6. The van der Waals surface area contributed by atoms with Gasteiger partial charge in [-0.1, -0.05) is 52.0 Å². The molecule has 5 rings (SSSR count). The fourth-order valence-corrected chi connectivity index (χ4v) is 5.97. The molecule has 204 valence electrons. The lowest BCUT2D eigenvalue weighted by Crippen LogP contribution is -2.37. The molecule has 0 radical (unpaired) electrons. The molecule has 1 amide bonds. The Kier molecular flexibility index (Phi) is 6.78. The molecule has 2 aliphatic carbocycles. The number of carbonyl (C=O) groups excluding carboxylic acids is 3. The van der Waals surface area contributed by atoms with Gasteiger partial charge in [-0.25, -0.2) is 0 Å². The molecular formula is C33H37NO5. The number of carbonyl (C=O) groups is 3. The van der Waals surface area contributed by atoms with Gasteiger partial charge in [-0.15, -0.1) is 0 Å². The SMILES string of the molecule is Cc1ccc(C)c(NC(=O)COc2ccc(C3C4=C(CC(C)(C)CC4=O)OC4=C3C(=O)CC(C)(C)C4)cc2)c1. The maximum absolute atomic E-state index is 13.4. The van der Waals surface area contributed by atoms with E-state index in [4.69, 9.17) is 9.47 Å². The number of rotatable bonds is 5. The Labute approximate surface area is 230 Å². The number of allylic oxidation sites excluding steroid dienone is 4. The highest BCUT2D eigenvalue weighted by Gasteiger charge is 2.47. The molecular weight excluding hydrogens is 490 g/mol. The smallest absolute Gasteiger partial charge is 0.262 e.